The van der Waals surface area contributed by atoms with Gasteiger partial charge in [-0.2, -0.15) is 13.2 Å². The highest BCUT2D eigenvalue weighted by atomic mass is 19.4. The first-order valence-corrected chi connectivity index (χ1v) is 5.94. The molecule has 0 saturated heterocycles. The summed E-state index contributed by atoms with van der Waals surface area (Å²) >= 11 is 0. The number of nitrogens with two attached hydrogens (primary N) is 1. The highest BCUT2D eigenvalue weighted by molar-refractivity contribution is 5.92. The van der Waals surface area contributed by atoms with Crippen LogP contribution in [0.2, 0.25) is 0 Å². The summed E-state index contributed by atoms with van der Waals surface area (Å²) in [7, 11) is 0. The van der Waals surface area contributed by atoms with Crippen LogP contribution in [-0.2, 0) is 9.53 Å². The lowest BCUT2D eigenvalue weighted by Crippen LogP contribution is -2.30. The number of aromatic nitrogens is 1. The molecular weight excluding hydrogens is 273 g/mol. The number of hydrogen-bond acceptors (Lipinski definition) is 3. The number of rotatable bonds is 3. The molecule has 0 aliphatic heterocycles. The van der Waals surface area contributed by atoms with Gasteiger partial charge in [0.1, 0.15) is 0 Å². The van der Waals surface area contributed by atoms with Gasteiger partial charge in [0.25, 0.3) is 0 Å². The summed E-state index contributed by atoms with van der Waals surface area (Å²) in [5.74, 6) is -3.64. The molecule has 0 amide bonds. The van der Waals surface area contributed by atoms with Gasteiger partial charge >= 0.3 is 12.1 Å². The molecule has 0 aliphatic carbocycles. The second-order valence-electron chi connectivity index (χ2n) is 4.28. The Morgan fingerprint density at radius 3 is 2.75 bits per heavy atom. The second kappa shape index (κ2) is 5.07. The summed E-state index contributed by atoms with van der Waals surface area (Å²) in [6.45, 7) is 1.34. The molecule has 1 heterocycles. The molecule has 0 fully saturated rings. The number of esters is 1. The van der Waals surface area contributed by atoms with Crippen LogP contribution in [-0.4, -0.2) is 23.7 Å². The Labute approximate surface area is 112 Å². The summed E-state index contributed by atoms with van der Waals surface area (Å²) < 4.78 is 43.9. The van der Waals surface area contributed by atoms with Crippen LogP contribution in [0.1, 0.15) is 18.4 Å². The smallest absolute Gasteiger partial charge is 0.406 e. The zero-order valence-electron chi connectivity index (χ0n) is 10.6. The zero-order valence-corrected chi connectivity index (χ0v) is 10.6. The molecule has 0 spiro atoms. The van der Waals surface area contributed by atoms with Crippen LogP contribution in [0.3, 0.4) is 0 Å². The predicted molar refractivity (Wildman–Crippen MR) is 68.1 cm³/mol. The average Bonchev–Trinajstić information content (AvgIpc) is 2.71. The normalized spacial score (nSPS) is 13.4. The molecule has 7 heteroatoms. The summed E-state index contributed by atoms with van der Waals surface area (Å²) in [5.41, 5.74) is 6.20. The number of carbonyl (C=O) groups excluding carboxylic acids is 1. The third kappa shape index (κ3) is 2.56. The maximum absolute atomic E-state index is 13.1. The van der Waals surface area contributed by atoms with Gasteiger partial charge in [0.15, 0.2) is 5.92 Å². The lowest BCUT2D eigenvalue weighted by atomic mass is 9.98. The SMILES string of the molecule is CCOC(=O)C(c1c[nH]c2ccc(N)cc12)C(F)(F)F. The molecule has 1 aromatic heterocycles. The average molecular weight is 286 g/mol. The van der Waals surface area contributed by atoms with Crippen molar-refractivity contribution in [3.63, 3.8) is 0 Å². The van der Waals surface area contributed by atoms with Gasteiger partial charge in [0.2, 0.25) is 0 Å². The predicted octanol–water partition coefficient (Wildman–Crippen LogP) is 2.96. The minimum atomic E-state index is -4.73. The second-order valence-corrected chi connectivity index (χ2v) is 4.28. The van der Waals surface area contributed by atoms with Crippen LogP contribution in [0.15, 0.2) is 24.4 Å². The van der Waals surface area contributed by atoms with Crippen molar-refractivity contribution >= 4 is 22.6 Å². The van der Waals surface area contributed by atoms with Gasteiger partial charge < -0.3 is 15.5 Å². The Bertz CT molecular complexity index is 634. The molecule has 2 aromatic rings. The molecule has 2 rings (SSSR count). The van der Waals surface area contributed by atoms with E-state index in [0.717, 1.165) is 0 Å². The fraction of sp³-hybridized carbons (Fsp3) is 0.308. The molecule has 3 N–H and O–H groups in total. The Hall–Kier alpha value is -2.18. The maximum Gasteiger partial charge on any atom is 0.406 e. The molecule has 1 unspecified atom stereocenters. The van der Waals surface area contributed by atoms with Crippen LogP contribution in [0.25, 0.3) is 10.9 Å². The number of hydrogen-bond donors (Lipinski definition) is 2. The van der Waals surface area contributed by atoms with E-state index < -0.39 is 18.1 Å². The Kier molecular flexibility index (Phi) is 3.61. The lowest BCUT2D eigenvalue weighted by molar-refractivity contribution is -0.180. The molecule has 0 bridgehead atoms. The van der Waals surface area contributed by atoms with Crippen LogP contribution >= 0.6 is 0 Å². The number of ether oxygens (including phenoxy) is 1. The standard InChI is InChI=1S/C13H13F3N2O2/c1-2-20-12(19)11(13(14,15)16)9-6-18-10-4-3-7(17)5-8(9)10/h3-6,11,18H,2,17H2,1H3. The molecule has 108 valence electrons. The van der Waals surface area contributed by atoms with E-state index in [9.17, 15) is 18.0 Å². The number of carbonyl (C=O) groups is 1. The van der Waals surface area contributed by atoms with Crippen LogP contribution in [0.5, 0.6) is 0 Å². The van der Waals surface area contributed by atoms with Gasteiger partial charge in [-0.05, 0) is 25.1 Å². The van der Waals surface area contributed by atoms with Crippen LogP contribution < -0.4 is 5.73 Å². The highest BCUT2D eigenvalue weighted by Crippen LogP contribution is 2.39. The van der Waals surface area contributed by atoms with E-state index >= 15 is 0 Å². The Morgan fingerprint density at radius 1 is 1.45 bits per heavy atom. The summed E-state index contributed by atoms with van der Waals surface area (Å²) in [6, 6.07) is 4.53. The Morgan fingerprint density at radius 2 is 2.15 bits per heavy atom. The van der Waals surface area contributed by atoms with Crippen molar-refractivity contribution in [2.24, 2.45) is 0 Å². The fourth-order valence-corrected chi connectivity index (χ4v) is 2.06. The number of alkyl halides is 3. The van der Waals surface area contributed by atoms with Crippen molar-refractivity contribution in [3.05, 3.63) is 30.0 Å². The van der Waals surface area contributed by atoms with E-state index in [4.69, 9.17) is 5.73 Å². The first-order chi connectivity index (χ1) is 9.34. The van der Waals surface area contributed by atoms with Gasteiger partial charge in [-0.3, -0.25) is 4.79 Å². The van der Waals surface area contributed by atoms with Gasteiger partial charge in [-0.1, -0.05) is 0 Å². The zero-order chi connectivity index (χ0) is 14.9. The molecule has 1 atom stereocenters. The molecular formula is C13H13F3N2O2. The van der Waals surface area contributed by atoms with Crippen molar-refractivity contribution in [1.82, 2.24) is 4.98 Å². The number of aromatic amines is 1. The van der Waals surface area contributed by atoms with Gasteiger partial charge in [0.05, 0.1) is 6.61 Å². The van der Waals surface area contributed by atoms with Crippen molar-refractivity contribution in [3.8, 4) is 0 Å². The minimum Gasteiger partial charge on any atom is -0.465 e. The highest BCUT2D eigenvalue weighted by Gasteiger charge is 2.48. The molecule has 0 saturated carbocycles. The third-order valence-electron chi connectivity index (χ3n) is 2.90. The van der Waals surface area contributed by atoms with Crippen molar-refractivity contribution in [2.45, 2.75) is 19.0 Å². The number of anilines is 1. The first-order valence-electron chi connectivity index (χ1n) is 5.94. The van der Waals surface area contributed by atoms with Crippen molar-refractivity contribution in [2.75, 3.05) is 12.3 Å². The fourth-order valence-electron chi connectivity index (χ4n) is 2.06. The molecule has 4 nitrogen and oxygen atoms in total. The van der Waals surface area contributed by atoms with Gasteiger partial charge in [0, 0.05) is 28.4 Å². The number of nitrogens with one attached hydrogen (secondary N) is 1. The van der Waals surface area contributed by atoms with Crippen LogP contribution in [0, 0.1) is 0 Å². The van der Waals surface area contributed by atoms with E-state index in [0.29, 0.717) is 11.2 Å². The van der Waals surface area contributed by atoms with E-state index in [1.165, 1.54) is 19.2 Å². The molecule has 20 heavy (non-hydrogen) atoms. The quantitative estimate of drug-likeness (QED) is 0.673. The number of halogens is 3. The maximum atomic E-state index is 13.1. The largest absolute Gasteiger partial charge is 0.465 e. The van der Waals surface area contributed by atoms with Crippen LogP contribution in [0.4, 0.5) is 18.9 Å². The molecule has 0 aliphatic rings. The van der Waals surface area contributed by atoms with Gasteiger partial charge in [-0.15, -0.1) is 0 Å². The van der Waals surface area contributed by atoms with E-state index in [1.807, 2.05) is 0 Å². The summed E-state index contributed by atoms with van der Waals surface area (Å²) in [4.78, 5) is 14.3. The number of nitrogen functional groups attached to an aromatic ring is 1. The topological polar surface area (TPSA) is 68.1 Å². The number of benzene rings is 1. The Balaban J connectivity index is 2.57. The third-order valence-corrected chi connectivity index (χ3v) is 2.90. The van der Waals surface area contributed by atoms with Gasteiger partial charge in [-0.25, -0.2) is 0 Å². The van der Waals surface area contributed by atoms with Crippen molar-refractivity contribution < 1.29 is 22.7 Å². The molecule has 0 radical (unpaired) electrons. The summed E-state index contributed by atoms with van der Waals surface area (Å²) in [5, 5.41) is 0.264. The minimum absolute atomic E-state index is 0.115. The van der Waals surface area contributed by atoms with E-state index in [2.05, 4.69) is 9.72 Å². The first kappa shape index (κ1) is 14.2. The summed E-state index contributed by atoms with van der Waals surface area (Å²) in [6.07, 6.45) is -3.56. The number of fused-ring (bicyclic) bond motifs is 1. The van der Waals surface area contributed by atoms with Crippen molar-refractivity contribution in [1.29, 1.82) is 0 Å². The van der Waals surface area contributed by atoms with E-state index in [1.54, 1.807) is 12.1 Å². The lowest BCUT2D eigenvalue weighted by Gasteiger charge is -2.18. The number of H-pyrrole nitrogens is 1. The monoisotopic (exact) mass is 286 g/mol. The van der Waals surface area contributed by atoms with E-state index in [-0.39, 0.29) is 17.6 Å². The molecule has 1 aromatic carbocycles.